The molecule has 0 saturated carbocycles. The van der Waals surface area contributed by atoms with Crippen LogP contribution in [0.25, 0.3) is 17.0 Å². The zero-order valence-electron chi connectivity index (χ0n) is 19.5. The third-order valence-electron chi connectivity index (χ3n) is 6.26. The lowest BCUT2D eigenvalue weighted by molar-refractivity contribution is 0.0989. The molecule has 0 saturated heterocycles. The number of hydrogen-bond donors (Lipinski definition) is 1. The second kappa shape index (κ2) is 8.63. The number of aryl methyl sites for hydroxylation is 1. The van der Waals surface area contributed by atoms with Gasteiger partial charge in [0, 0.05) is 17.4 Å². The first kappa shape index (κ1) is 23.0. The van der Waals surface area contributed by atoms with Crippen molar-refractivity contribution >= 4 is 28.8 Å². The zero-order chi connectivity index (χ0) is 25.8. The molecule has 1 aromatic carbocycles. The van der Waals surface area contributed by atoms with Gasteiger partial charge in [0.2, 0.25) is 11.7 Å². The Bertz CT molecular complexity index is 1670. The number of amides is 1. The van der Waals surface area contributed by atoms with Gasteiger partial charge in [-0.15, -0.1) is 10.2 Å². The van der Waals surface area contributed by atoms with Gasteiger partial charge in [-0.05, 0) is 48.4 Å². The number of anilines is 1. The molecule has 1 N–H and O–H groups in total. The number of hydrogen-bond acceptors (Lipinski definition) is 6. The van der Waals surface area contributed by atoms with Crippen molar-refractivity contribution in [1.29, 1.82) is 0 Å². The van der Waals surface area contributed by atoms with Crippen LogP contribution in [0, 0.1) is 6.92 Å². The van der Waals surface area contributed by atoms with Gasteiger partial charge >= 0.3 is 0 Å². The highest BCUT2D eigenvalue weighted by Gasteiger charge is 2.43. The molecule has 0 unspecified atom stereocenters. The first-order chi connectivity index (χ1) is 17.9. The van der Waals surface area contributed by atoms with E-state index in [1.54, 1.807) is 43.5 Å². The van der Waals surface area contributed by atoms with Gasteiger partial charge in [-0.25, -0.2) is 18.7 Å². The smallest absolute Gasteiger partial charge is 0.297 e. The number of nitrogens with zero attached hydrogens (tertiary/aromatic N) is 6. The molecule has 12 heteroatoms. The van der Waals surface area contributed by atoms with Crippen LogP contribution in [0.15, 0.2) is 54.9 Å². The van der Waals surface area contributed by atoms with Crippen molar-refractivity contribution in [3.63, 3.8) is 0 Å². The molecule has 1 atom stereocenters. The summed E-state index contributed by atoms with van der Waals surface area (Å²) in [6.45, 7) is 1.73. The predicted molar refractivity (Wildman–Crippen MR) is 131 cm³/mol. The lowest BCUT2D eigenvalue weighted by atomic mass is 10.0. The molecule has 0 bridgehead atoms. The zero-order valence-corrected chi connectivity index (χ0v) is 20.2. The molecule has 1 aliphatic heterocycles. The van der Waals surface area contributed by atoms with Crippen LogP contribution in [-0.2, 0) is 0 Å². The van der Waals surface area contributed by atoms with E-state index in [1.165, 1.54) is 22.6 Å². The fourth-order valence-corrected chi connectivity index (χ4v) is 4.76. The number of fused-ring (bicyclic) bond motifs is 2. The van der Waals surface area contributed by atoms with Crippen molar-refractivity contribution < 1.29 is 18.3 Å². The molecule has 0 spiro atoms. The SMILES string of the molecule is COc1ncccc1-c1nc2c([nH]1)[C@@H](c1ccc(Cl)cc1)N(c1cc(C)c3nnc(C(F)F)n3c1)C2=O. The average Bonchev–Trinajstić information content (AvgIpc) is 3.58. The van der Waals surface area contributed by atoms with E-state index in [4.69, 9.17) is 16.3 Å². The van der Waals surface area contributed by atoms with E-state index < -0.39 is 24.2 Å². The van der Waals surface area contributed by atoms with Crippen LogP contribution in [0.1, 0.15) is 45.6 Å². The van der Waals surface area contributed by atoms with Crippen molar-refractivity contribution in [3.05, 3.63) is 88.2 Å². The number of pyridine rings is 2. The molecule has 9 nitrogen and oxygen atoms in total. The third-order valence-corrected chi connectivity index (χ3v) is 6.52. The standard InChI is InChI=1S/C25H18ClF2N7O2/c1-12-10-15(11-34-22(12)32-33-23(34)20(27)28)35-19(13-5-7-14(26)8-6-13)17-18(25(35)36)31-21(30-17)16-4-3-9-29-24(16)37-2/h3-11,19-20H,1-2H3,(H,30,31)/t19-/m1/s1. The van der Waals surface area contributed by atoms with Gasteiger partial charge in [0.25, 0.3) is 12.3 Å². The molecular formula is C25H18ClF2N7O2. The molecule has 4 aromatic heterocycles. The number of rotatable bonds is 5. The highest BCUT2D eigenvalue weighted by Crippen LogP contribution is 2.43. The van der Waals surface area contributed by atoms with Gasteiger partial charge < -0.3 is 9.72 Å². The minimum atomic E-state index is -2.84. The van der Waals surface area contributed by atoms with E-state index in [-0.39, 0.29) is 11.3 Å². The molecule has 5 aromatic rings. The van der Waals surface area contributed by atoms with Crippen LogP contribution in [0.5, 0.6) is 5.88 Å². The molecule has 1 aliphatic rings. The van der Waals surface area contributed by atoms with Gasteiger partial charge in [0.15, 0.2) is 11.3 Å². The first-order valence-corrected chi connectivity index (χ1v) is 11.6. The Labute approximate surface area is 213 Å². The number of ether oxygens (including phenoxy) is 1. The number of halogens is 3. The highest BCUT2D eigenvalue weighted by molar-refractivity contribution is 6.30. The summed E-state index contributed by atoms with van der Waals surface area (Å²) >= 11 is 6.13. The van der Waals surface area contributed by atoms with Crippen molar-refractivity contribution in [3.8, 4) is 17.3 Å². The Morgan fingerprint density at radius 2 is 1.95 bits per heavy atom. The fraction of sp³-hybridized carbons (Fsp3) is 0.160. The Morgan fingerprint density at radius 3 is 2.68 bits per heavy atom. The predicted octanol–water partition coefficient (Wildman–Crippen LogP) is 5.17. The third kappa shape index (κ3) is 3.61. The van der Waals surface area contributed by atoms with E-state index in [0.29, 0.717) is 39.2 Å². The maximum Gasteiger partial charge on any atom is 0.297 e. The van der Waals surface area contributed by atoms with E-state index >= 15 is 0 Å². The van der Waals surface area contributed by atoms with Crippen LogP contribution in [0.2, 0.25) is 5.02 Å². The Balaban J connectivity index is 1.54. The lowest BCUT2D eigenvalue weighted by Gasteiger charge is -2.26. The lowest BCUT2D eigenvalue weighted by Crippen LogP contribution is -2.29. The Hall–Kier alpha value is -4.38. The van der Waals surface area contributed by atoms with Gasteiger partial charge in [-0.1, -0.05) is 23.7 Å². The molecule has 5 heterocycles. The van der Waals surface area contributed by atoms with Crippen molar-refractivity contribution in [2.75, 3.05) is 12.0 Å². The maximum absolute atomic E-state index is 13.8. The van der Waals surface area contributed by atoms with E-state index in [2.05, 4.69) is 25.1 Å². The van der Waals surface area contributed by atoms with Crippen molar-refractivity contribution in [2.24, 2.45) is 0 Å². The van der Waals surface area contributed by atoms with E-state index in [0.717, 1.165) is 5.56 Å². The molecular weight excluding hydrogens is 504 g/mol. The first-order valence-electron chi connectivity index (χ1n) is 11.2. The Kier molecular flexibility index (Phi) is 5.37. The number of benzene rings is 1. The Morgan fingerprint density at radius 1 is 1.16 bits per heavy atom. The summed E-state index contributed by atoms with van der Waals surface area (Å²) < 4.78 is 33.8. The topological polar surface area (TPSA) is 101 Å². The van der Waals surface area contributed by atoms with Crippen molar-refractivity contribution in [2.45, 2.75) is 19.4 Å². The number of carbonyl (C=O) groups excluding carboxylic acids is 1. The molecule has 37 heavy (non-hydrogen) atoms. The number of methoxy groups -OCH3 is 1. The van der Waals surface area contributed by atoms with Crippen LogP contribution in [0.4, 0.5) is 14.5 Å². The van der Waals surface area contributed by atoms with Gasteiger partial charge in [0.1, 0.15) is 11.9 Å². The molecule has 1 amide bonds. The van der Waals surface area contributed by atoms with Crippen molar-refractivity contribution in [1.82, 2.24) is 29.5 Å². The van der Waals surface area contributed by atoms with Gasteiger partial charge in [0.05, 0.1) is 24.1 Å². The summed E-state index contributed by atoms with van der Waals surface area (Å²) in [5.41, 5.74) is 3.36. The quantitative estimate of drug-likeness (QED) is 0.342. The average molecular weight is 522 g/mol. The van der Waals surface area contributed by atoms with E-state index in [1.807, 2.05) is 12.1 Å². The minimum Gasteiger partial charge on any atom is -0.480 e. The monoisotopic (exact) mass is 521 g/mol. The summed E-state index contributed by atoms with van der Waals surface area (Å²) in [6, 6.07) is 11.7. The highest BCUT2D eigenvalue weighted by atomic mass is 35.5. The second-order valence-electron chi connectivity index (χ2n) is 8.47. The number of carbonyl (C=O) groups is 1. The van der Waals surface area contributed by atoms with Crippen LogP contribution in [-0.4, -0.2) is 42.6 Å². The molecule has 6 rings (SSSR count). The number of H-pyrrole nitrogens is 1. The number of aromatic amines is 1. The summed E-state index contributed by atoms with van der Waals surface area (Å²) in [6.07, 6.45) is 0.207. The summed E-state index contributed by atoms with van der Waals surface area (Å²) in [7, 11) is 1.50. The molecule has 0 radical (unpaired) electrons. The number of aromatic nitrogens is 6. The summed E-state index contributed by atoms with van der Waals surface area (Å²) in [5, 5.41) is 8.05. The fourth-order valence-electron chi connectivity index (χ4n) is 4.63. The normalized spacial score (nSPS) is 15.1. The van der Waals surface area contributed by atoms with Gasteiger partial charge in [-0.2, -0.15) is 0 Å². The van der Waals surface area contributed by atoms with Crippen LogP contribution in [0.3, 0.4) is 0 Å². The van der Waals surface area contributed by atoms with Crippen LogP contribution >= 0.6 is 11.6 Å². The second-order valence-corrected chi connectivity index (χ2v) is 8.91. The molecule has 0 aliphatic carbocycles. The minimum absolute atomic E-state index is 0.205. The summed E-state index contributed by atoms with van der Waals surface area (Å²) in [4.78, 5) is 27.4. The molecule has 186 valence electrons. The van der Waals surface area contributed by atoms with Gasteiger partial charge in [-0.3, -0.25) is 14.1 Å². The van der Waals surface area contributed by atoms with Crippen LogP contribution < -0.4 is 9.64 Å². The van der Waals surface area contributed by atoms with E-state index in [9.17, 15) is 13.6 Å². The number of alkyl halides is 2. The largest absolute Gasteiger partial charge is 0.480 e. The summed E-state index contributed by atoms with van der Waals surface area (Å²) in [5.74, 6) is -0.120. The number of nitrogens with one attached hydrogen (secondary N) is 1. The molecule has 0 fully saturated rings. The maximum atomic E-state index is 13.8. The number of imidazole rings is 1.